The first-order valence-electron chi connectivity index (χ1n) is 4.89. The molecule has 0 aliphatic heterocycles. The molecule has 0 saturated heterocycles. The van der Waals surface area contributed by atoms with E-state index in [-0.39, 0.29) is 0 Å². The molecule has 0 spiro atoms. The number of benzene rings is 1. The second kappa shape index (κ2) is 7.17. The zero-order valence-electron chi connectivity index (χ0n) is 10.1. The molecule has 0 fully saturated rings. The van der Waals surface area contributed by atoms with E-state index >= 15 is 0 Å². The quantitative estimate of drug-likeness (QED) is 0.315. The average molecular weight is 356 g/mol. The largest absolute Gasteiger partial charge is 0.631 e. The van der Waals surface area contributed by atoms with E-state index in [2.05, 4.69) is 4.18 Å². The van der Waals surface area contributed by atoms with Gasteiger partial charge in [-0.05, 0) is 12.1 Å². The fourth-order valence-corrected chi connectivity index (χ4v) is 1.42. The van der Waals surface area contributed by atoms with E-state index in [0.29, 0.717) is 12.1 Å². The van der Waals surface area contributed by atoms with Crippen LogP contribution in [0.5, 0.6) is 5.75 Å². The van der Waals surface area contributed by atoms with Crippen molar-refractivity contribution < 1.29 is 54.0 Å². The normalized spacial score (nSPS) is 12.2. The van der Waals surface area contributed by atoms with Crippen molar-refractivity contribution in [1.82, 2.24) is 0 Å². The lowest BCUT2D eigenvalue weighted by Gasteiger charge is -2.14. The summed E-state index contributed by atoms with van der Waals surface area (Å²) in [5.41, 5.74) is -7.41. The Bertz CT molecular complexity index is 581. The van der Waals surface area contributed by atoms with Crippen LogP contribution >= 0.6 is 0 Å². The van der Waals surface area contributed by atoms with Gasteiger partial charge in [-0.25, -0.2) is 0 Å². The summed E-state index contributed by atoms with van der Waals surface area (Å²) >= 11 is 0. The fourth-order valence-electron chi connectivity index (χ4n) is 0.939. The third-order valence-corrected chi connectivity index (χ3v) is 2.64. The standard InChI is InChI=1S/C8H4F6O3S.BH3O3/c9-7(10,11)5-3-1-2-4-6(5)17-18(15,16)8(12,13)14;2-1(3)4/h1-4H;2-4H. The predicted molar refractivity (Wildman–Crippen MR) is 59.5 cm³/mol. The van der Waals surface area contributed by atoms with Gasteiger partial charge in [0.1, 0.15) is 0 Å². The van der Waals surface area contributed by atoms with E-state index in [0.717, 1.165) is 12.1 Å². The summed E-state index contributed by atoms with van der Waals surface area (Å²) in [5, 5.41) is 21.5. The van der Waals surface area contributed by atoms with Gasteiger partial charge in [0.25, 0.3) is 0 Å². The second-order valence-corrected chi connectivity index (χ2v) is 4.86. The zero-order chi connectivity index (χ0) is 17.8. The highest BCUT2D eigenvalue weighted by atomic mass is 32.2. The third-order valence-electron chi connectivity index (χ3n) is 1.68. The summed E-state index contributed by atoms with van der Waals surface area (Å²) in [5.74, 6) is -1.43. The lowest BCUT2D eigenvalue weighted by molar-refractivity contribution is -0.138. The van der Waals surface area contributed by atoms with Gasteiger partial charge in [0.05, 0.1) is 5.56 Å². The van der Waals surface area contributed by atoms with E-state index in [1.54, 1.807) is 0 Å². The summed E-state index contributed by atoms with van der Waals surface area (Å²) in [7, 11) is -8.30. The third kappa shape index (κ3) is 6.51. The Labute approximate surface area is 119 Å². The van der Waals surface area contributed by atoms with Crippen LogP contribution in [0.3, 0.4) is 0 Å². The molecule has 0 amide bonds. The Morgan fingerprint density at radius 2 is 1.36 bits per heavy atom. The summed E-state index contributed by atoms with van der Waals surface area (Å²) < 4.78 is 97.6. The van der Waals surface area contributed by atoms with Gasteiger partial charge in [-0.3, -0.25) is 0 Å². The topological polar surface area (TPSA) is 104 Å². The summed E-state index contributed by atoms with van der Waals surface area (Å²) in [6, 6.07) is 2.68. The van der Waals surface area contributed by atoms with Crippen molar-refractivity contribution in [3.63, 3.8) is 0 Å². The summed E-state index contributed by atoms with van der Waals surface area (Å²) in [6.07, 6.45) is -5.03. The average Bonchev–Trinajstić information content (AvgIpc) is 2.25. The molecule has 14 heteroatoms. The van der Waals surface area contributed by atoms with E-state index < -0.39 is 40.4 Å². The fraction of sp³-hybridized carbons (Fsp3) is 0.250. The van der Waals surface area contributed by atoms with Crippen LogP contribution in [-0.2, 0) is 16.3 Å². The zero-order valence-corrected chi connectivity index (χ0v) is 10.9. The van der Waals surface area contributed by atoms with E-state index in [4.69, 9.17) is 15.1 Å². The smallest absolute Gasteiger partial charge is 0.402 e. The van der Waals surface area contributed by atoms with Crippen molar-refractivity contribution in [2.75, 3.05) is 0 Å². The van der Waals surface area contributed by atoms with Gasteiger partial charge in [0.2, 0.25) is 0 Å². The number of halogens is 6. The number of alkyl halides is 6. The lowest BCUT2D eigenvalue weighted by atomic mass is 10.2. The summed E-state index contributed by atoms with van der Waals surface area (Å²) in [4.78, 5) is 0. The molecule has 0 heterocycles. The van der Waals surface area contributed by atoms with Gasteiger partial charge < -0.3 is 19.3 Å². The van der Waals surface area contributed by atoms with Crippen LogP contribution in [0.25, 0.3) is 0 Å². The van der Waals surface area contributed by atoms with E-state index in [9.17, 15) is 34.8 Å². The molecule has 3 N–H and O–H groups in total. The molecule has 0 radical (unpaired) electrons. The molecule has 0 bridgehead atoms. The highest BCUT2D eigenvalue weighted by Gasteiger charge is 2.49. The molecule has 0 aromatic heterocycles. The van der Waals surface area contributed by atoms with Crippen LogP contribution in [-0.4, -0.2) is 36.3 Å². The van der Waals surface area contributed by atoms with Crippen LogP contribution in [0.15, 0.2) is 24.3 Å². The monoisotopic (exact) mass is 356 g/mol. The Kier molecular flexibility index (Phi) is 6.68. The van der Waals surface area contributed by atoms with Crippen LogP contribution in [0.1, 0.15) is 5.56 Å². The van der Waals surface area contributed by atoms with E-state index in [1.807, 2.05) is 0 Å². The van der Waals surface area contributed by atoms with Gasteiger partial charge in [0.15, 0.2) is 5.75 Å². The first-order valence-corrected chi connectivity index (χ1v) is 6.30. The molecule has 0 aliphatic carbocycles. The second-order valence-electron chi connectivity index (χ2n) is 3.32. The van der Waals surface area contributed by atoms with Gasteiger partial charge in [-0.15, -0.1) is 0 Å². The van der Waals surface area contributed by atoms with Crippen molar-refractivity contribution in [1.29, 1.82) is 0 Å². The minimum absolute atomic E-state index is 0.404. The van der Waals surface area contributed by atoms with Gasteiger partial charge in [-0.2, -0.15) is 34.8 Å². The molecule has 0 unspecified atom stereocenters. The van der Waals surface area contributed by atoms with Gasteiger partial charge in [0, 0.05) is 0 Å². The Balaban J connectivity index is 0.000000980. The maximum Gasteiger partial charge on any atom is 0.631 e. The SMILES string of the molecule is O=S(=O)(Oc1ccccc1C(F)(F)F)C(F)(F)F.OB(O)O. The maximum absolute atomic E-state index is 12.4. The van der Waals surface area contributed by atoms with Crippen LogP contribution in [0.4, 0.5) is 26.3 Å². The number of rotatable bonds is 2. The van der Waals surface area contributed by atoms with Crippen LogP contribution in [0.2, 0.25) is 0 Å². The molecule has 1 aromatic carbocycles. The van der Waals surface area contributed by atoms with Crippen molar-refractivity contribution in [3.8, 4) is 5.75 Å². The molecule has 6 nitrogen and oxygen atoms in total. The number of para-hydroxylation sites is 1. The molecule has 0 aliphatic rings. The number of hydrogen-bond acceptors (Lipinski definition) is 6. The molecule has 0 saturated carbocycles. The van der Waals surface area contributed by atoms with Crippen LogP contribution < -0.4 is 4.18 Å². The van der Waals surface area contributed by atoms with Crippen molar-refractivity contribution in [3.05, 3.63) is 29.8 Å². The first kappa shape index (κ1) is 20.5. The lowest BCUT2D eigenvalue weighted by Crippen LogP contribution is -2.28. The van der Waals surface area contributed by atoms with Crippen molar-refractivity contribution in [2.24, 2.45) is 0 Å². The highest BCUT2D eigenvalue weighted by Crippen LogP contribution is 2.38. The van der Waals surface area contributed by atoms with E-state index in [1.165, 1.54) is 0 Å². The Morgan fingerprint density at radius 3 is 1.73 bits per heavy atom. The maximum atomic E-state index is 12.4. The minimum atomic E-state index is -6.13. The van der Waals surface area contributed by atoms with Crippen LogP contribution in [0, 0.1) is 0 Å². The molecule has 22 heavy (non-hydrogen) atoms. The highest BCUT2D eigenvalue weighted by molar-refractivity contribution is 7.88. The molecular weight excluding hydrogens is 349 g/mol. The minimum Gasteiger partial charge on any atom is -0.402 e. The summed E-state index contributed by atoms with van der Waals surface area (Å²) in [6.45, 7) is 0. The molecule has 126 valence electrons. The number of hydrogen-bond donors (Lipinski definition) is 3. The van der Waals surface area contributed by atoms with Crippen molar-refractivity contribution >= 4 is 17.4 Å². The Hall–Kier alpha value is -1.51. The molecular formula is C8H7BF6O6S. The van der Waals surface area contributed by atoms with Crippen molar-refractivity contribution in [2.45, 2.75) is 11.7 Å². The predicted octanol–water partition coefficient (Wildman–Crippen LogP) is 0.882. The molecule has 1 aromatic rings. The molecule has 0 atom stereocenters. The Morgan fingerprint density at radius 1 is 0.955 bits per heavy atom. The first-order chi connectivity index (χ1) is 9.68. The molecule has 1 rings (SSSR count). The van der Waals surface area contributed by atoms with Gasteiger partial charge in [-0.1, -0.05) is 12.1 Å². The van der Waals surface area contributed by atoms with Gasteiger partial charge >= 0.3 is 29.1 Å².